The fraction of sp³-hybridized carbons (Fsp3) is 0. The molecule has 0 saturated carbocycles. The predicted molar refractivity (Wildman–Crippen MR) is 323 cm³/mol. The summed E-state index contributed by atoms with van der Waals surface area (Å²) in [4.78, 5) is 42.2. The molecule has 13 aromatic rings. The minimum absolute atomic E-state index is 0.474. The molecule has 80 heavy (non-hydrogen) atoms. The van der Waals surface area contributed by atoms with Gasteiger partial charge in [-0.2, -0.15) is 0 Å². The number of rotatable bonds is 11. The summed E-state index contributed by atoms with van der Waals surface area (Å²) in [5.41, 5.74) is 15.9. The highest BCUT2D eigenvalue weighted by Crippen LogP contribution is 2.58. The molecule has 0 fully saturated rings. The van der Waals surface area contributed by atoms with Crippen molar-refractivity contribution in [3.63, 3.8) is 0 Å². The van der Waals surface area contributed by atoms with E-state index in [-0.39, 0.29) is 0 Å². The summed E-state index contributed by atoms with van der Waals surface area (Å²) < 4.78 is 0. The largest absolute Gasteiger partial charge is 0.305 e. The van der Waals surface area contributed by atoms with Crippen molar-refractivity contribution in [2.75, 3.05) is 9.80 Å². The van der Waals surface area contributed by atoms with Gasteiger partial charge in [0.25, 0.3) is 0 Å². The average molecular weight is 1030 g/mol. The molecule has 0 N–H and O–H groups in total. The van der Waals surface area contributed by atoms with Crippen molar-refractivity contribution >= 4 is 34.3 Å². The van der Waals surface area contributed by atoms with Gasteiger partial charge in [-0.1, -0.05) is 237 Å². The highest BCUT2D eigenvalue weighted by atomic mass is 15.3. The van der Waals surface area contributed by atoms with Gasteiger partial charge in [0.1, 0.15) is 5.82 Å². The Hall–Kier alpha value is -11.0. The Bertz CT molecular complexity index is 4120. The molecule has 9 heteroatoms. The van der Waals surface area contributed by atoms with Gasteiger partial charge in [0, 0.05) is 56.1 Å². The summed E-state index contributed by atoms with van der Waals surface area (Å²) in [5.74, 6) is 3.45. The number of benzene rings is 10. The third-order valence-electron chi connectivity index (χ3n) is 14.3. The number of para-hydroxylation sites is 4. The fourth-order valence-electron chi connectivity index (χ4n) is 10.5. The maximum atomic E-state index is 5.49. The number of aromatic nitrogens is 7. The van der Waals surface area contributed by atoms with Crippen molar-refractivity contribution in [3.05, 3.63) is 285 Å². The summed E-state index contributed by atoms with van der Waals surface area (Å²) in [7, 11) is 0. The molecule has 10 aromatic carbocycles. The molecule has 0 atom stereocenters. The highest BCUT2D eigenvalue weighted by Gasteiger charge is 2.35. The molecule has 0 saturated heterocycles. The van der Waals surface area contributed by atoms with Crippen LogP contribution in [0.2, 0.25) is 0 Å². The van der Waals surface area contributed by atoms with Gasteiger partial charge in [-0.15, -0.1) is 0 Å². The minimum Gasteiger partial charge on any atom is -0.305 e. The SMILES string of the molecule is c1ccc(-c2cc(-c3ccccc3)nc(-c3cc(-c4ccccc4)c(N4c5ccccc5N(c5cc(-c6ccccc6)nc(-c6ccccc6)n5)c5ccccc54)c(-c4nc(-c5ccccc5)nc(-c5ccccc5)n4)c3)n2)cc1. The maximum Gasteiger partial charge on any atom is 0.166 e. The summed E-state index contributed by atoms with van der Waals surface area (Å²) in [6.45, 7) is 0. The first-order chi connectivity index (χ1) is 39.7. The lowest BCUT2D eigenvalue weighted by molar-refractivity contribution is 1.07. The van der Waals surface area contributed by atoms with Crippen LogP contribution < -0.4 is 9.80 Å². The maximum absolute atomic E-state index is 5.49. The lowest BCUT2D eigenvalue weighted by Gasteiger charge is -2.41. The zero-order valence-corrected chi connectivity index (χ0v) is 43.2. The lowest BCUT2D eigenvalue weighted by atomic mass is 9.93. The lowest BCUT2D eigenvalue weighted by Crippen LogP contribution is -2.25. The Morgan fingerprint density at radius 2 is 0.500 bits per heavy atom. The molecule has 1 aliphatic rings. The summed E-state index contributed by atoms with van der Waals surface area (Å²) in [6.07, 6.45) is 0. The number of nitrogens with zero attached hydrogens (tertiary/aromatic N) is 9. The normalized spacial score (nSPS) is 11.7. The second kappa shape index (κ2) is 20.8. The van der Waals surface area contributed by atoms with Crippen LogP contribution in [0.5, 0.6) is 0 Å². The molecule has 376 valence electrons. The highest BCUT2D eigenvalue weighted by molar-refractivity contribution is 6.07. The van der Waals surface area contributed by atoms with E-state index in [2.05, 4.69) is 161 Å². The van der Waals surface area contributed by atoms with Crippen LogP contribution in [-0.4, -0.2) is 34.9 Å². The Labute approximate surface area is 463 Å². The second-order valence-electron chi connectivity index (χ2n) is 19.3. The van der Waals surface area contributed by atoms with Crippen LogP contribution in [0.3, 0.4) is 0 Å². The summed E-state index contributed by atoms with van der Waals surface area (Å²) in [6, 6.07) is 97.4. The first kappa shape index (κ1) is 47.4. The van der Waals surface area contributed by atoms with Crippen LogP contribution in [0.25, 0.3) is 102 Å². The van der Waals surface area contributed by atoms with Gasteiger partial charge in [-0.05, 0) is 48.0 Å². The van der Waals surface area contributed by atoms with Crippen LogP contribution in [0.15, 0.2) is 285 Å². The monoisotopic (exact) mass is 1030 g/mol. The molecule has 0 unspecified atom stereocenters. The molecule has 9 nitrogen and oxygen atoms in total. The number of anilines is 6. The van der Waals surface area contributed by atoms with Crippen molar-refractivity contribution in [1.29, 1.82) is 0 Å². The van der Waals surface area contributed by atoms with Gasteiger partial charge < -0.3 is 4.90 Å². The van der Waals surface area contributed by atoms with E-state index in [1.54, 1.807) is 0 Å². The predicted octanol–water partition coefficient (Wildman–Crippen LogP) is 17.7. The third-order valence-corrected chi connectivity index (χ3v) is 14.3. The zero-order valence-electron chi connectivity index (χ0n) is 43.2. The molecule has 0 bridgehead atoms. The first-order valence-corrected chi connectivity index (χ1v) is 26.6. The van der Waals surface area contributed by atoms with E-state index in [0.717, 1.165) is 107 Å². The zero-order chi connectivity index (χ0) is 53.2. The fourth-order valence-corrected chi connectivity index (χ4v) is 10.5. The van der Waals surface area contributed by atoms with Crippen LogP contribution in [-0.2, 0) is 0 Å². The quantitative estimate of drug-likeness (QED) is 0.125. The van der Waals surface area contributed by atoms with E-state index in [1.807, 2.05) is 133 Å². The Kier molecular flexibility index (Phi) is 12.3. The van der Waals surface area contributed by atoms with Crippen molar-refractivity contribution < 1.29 is 0 Å². The van der Waals surface area contributed by atoms with E-state index < -0.39 is 0 Å². The van der Waals surface area contributed by atoms with Crippen molar-refractivity contribution in [2.45, 2.75) is 0 Å². The molecule has 4 heterocycles. The van der Waals surface area contributed by atoms with Crippen molar-refractivity contribution in [1.82, 2.24) is 34.9 Å². The van der Waals surface area contributed by atoms with Crippen molar-refractivity contribution in [3.8, 4) is 102 Å². The van der Waals surface area contributed by atoms with Gasteiger partial charge in [-0.25, -0.2) is 34.9 Å². The van der Waals surface area contributed by atoms with Gasteiger partial charge in [-0.3, -0.25) is 4.90 Å². The third kappa shape index (κ3) is 9.10. The Morgan fingerprint density at radius 3 is 0.912 bits per heavy atom. The van der Waals surface area contributed by atoms with Crippen LogP contribution >= 0.6 is 0 Å². The van der Waals surface area contributed by atoms with Gasteiger partial charge in [0.15, 0.2) is 29.1 Å². The number of hydrogen-bond donors (Lipinski definition) is 0. The molecule has 0 radical (unpaired) electrons. The van der Waals surface area contributed by atoms with Gasteiger partial charge in [0.05, 0.1) is 45.5 Å². The molecule has 1 aliphatic heterocycles. The number of hydrogen-bond acceptors (Lipinski definition) is 9. The van der Waals surface area contributed by atoms with Crippen LogP contribution in [0.4, 0.5) is 34.3 Å². The Morgan fingerprint density at radius 1 is 0.200 bits per heavy atom. The molecule has 0 aliphatic carbocycles. The van der Waals surface area contributed by atoms with Gasteiger partial charge >= 0.3 is 0 Å². The minimum atomic E-state index is 0.474. The van der Waals surface area contributed by atoms with E-state index in [0.29, 0.717) is 29.1 Å². The molecule has 0 spiro atoms. The topological polar surface area (TPSA) is 96.7 Å². The summed E-state index contributed by atoms with van der Waals surface area (Å²) >= 11 is 0. The molecule has 3 aromatic heterocycles. The second-order valence-corrected chi connectivity index (χ2v) is 19.3. The van der Waals surface area contributed by atoms with Crippen molar-refractivity contribution in [2.24, 2.45) is 0 Å². The van der Waals surface area contributed by atoms with Crippen LogP contribution in [0, 0.1) is 0 Å². The Balaban J connectivity index is 1.07. The number of fused-ring (bicyclic) bond motifs is 2. The average Bonchev–Trinajstić information content (AvgIpc) is 3.64. The van der Waals surface area contributed by atoms with Crippen LogP contribution in [0.1, 0.15) is 0 Å². The van der Waals surface area contributed by atoms with E-state index in [4.69, 9.17) is 34.9 Å². The van der Waals surface area contributed by atoms with E-state index >= 15 is 0 Å². The molecule has 0 amide bonds. The molecule has 14 rings (SSSR count). The van der Waals surface area contributed by atoms with Gasteiger partial charge in [0.2, 0.25) is 0 Å². The standard InChI is InChI=1S/C71H47N9/c1-8-26-48(27-9-1)56-44-55(70-72-58(49-28-10-2-11-29-49)46-59(73-70)50-30-12-3-13-31-50)45-57(71-77-68(53-36-18-6-19-37-53)76-69(78-71)54-38-20-7-21-39-54)66(56)80-63-42-24-22-40-61(63)79(62-41-23-25-43-64(62)80)65-47-60(51-32-14-4-15-33-51)74-67(75-65)52-34-16-5-17-35-52/h1-47H. The smallest absolute Gasteiger partial charge is 0.166 e. The van der Waals surface area contributed by atoms with E-state index in [9.17, 15) is 0 Å². The summed E-state index contributed by atoms with van der Waals surface area (Å²) in [5, 5.41) is 0. The first-order valence-electron chi connectivity index (χ1n) is 26.6. The molecular weight excluding hydrogens is 979 g/mol. The van der Waals surface area contributed by atoms with E-state index in [1.165, 1.54) is 0 Å². The molecular formula is C71H47N9.